The van der Waals surface area contributed by atoms with Gasteiger partial charge in [-0.25, -0.2) is 0 Å². The molecule has 1 heterocycles. The van der Waals surface area contributed by atoms with Crippen molar-refractivity contribution in [3.63, 3.8) is 0 Å². The van der Waals surface area contributed by atoms with E-state index in [0.717, 1.165) is 19.5 Å². The Hall–Kier alpha value is -1.61. The normalized spacial score (nSPS) is 12.8. The van der Waals surface area contributed by atoms with Gasteiger partial charge in [-0.3, -0.25) is 4.68 Å². The Bertz CT molecular complexity index is 502. The molecule has 0 bridgehead atoms. The number of hydrogen-bond acceptors (Lipinski definition) is 2. The van der Waals surface area contributed by atoms with E-state index in [9.17, 15) is 0 Å². The van der Waals surface area contributed by atoms with Crippen LogP contribution >= 0.6 is 0 Å². The van der Waals surface area contributed by atoms with E-state index in [1.807, 2.05) is 17.9 Å². The molecule has 0 aliphatic heterocycles. The van der Waals surface area contributed by atoms with Gasteiger partial charge in [-0.1, -0.05) is 44.2 Å². The van der Waals surface area contributed by atoms with E-state index in [2.05, 4.69) is 60.8 Å². The van der Waals surface area contributed by atoms with Crippen molar-refractivity contribution in [2.45, 2.75) is 26.2 Å². The Kier molecular flexibility index (Phi) is 5.36. The number of nitrogens with zero attached hydrogens (tertiary/aromatic N) is 2. The van der Waals surface area contributed by atoms with E-state index < -0.39 is 0 Å². The molecule has 0 spiro atoms. The number of aryl methyl sites for hydroxylation is 1. The molecule has 0 aliphatic carbocycles. The lowest BCUT2D eigenvalue weighted by Gasteiger charge is -2.18. The van der Waals surface area contributed by atoms with Crippen molar-refractivity contribution in [1.29, 1.82) is 0 Å². The van der Waals surface area contributed by atoms with E-state index in [-0.39, 0.29) is 0 Å². The minimum atomic E-state index is 0.499. The van der Waals surface area contributed by atoms with E-state index in [0.29, 0.717) is 11.8 Å². The average Bonchev–Trinajstić information content (AvgIpc) is 2.84. The maximum absolute atomic E-state index is 4.27. The SMILES string of the molecule is CC(C)CNCC(Cc1cnn(C)c1)c1ccccc1. The third-order valence-electron chi connectivity index (χ3n) is 3.45. The van der Waals surface area contributed by atoms with Crippen LogP contribution in [-0.4, -0.2) is 22.9 Å². The Labute approximate surface area is 122 Å². The fraction of sp³-hybridized carbons (Fsp3) is 0.471. The molecule has 20 heavy (non-hydrogen) atoms. The van der Waals surface area contributed by atoms with Gasteiger partial charge in [0.25, 0.3) is 0 Å². The van der Waals surface area contributed by atoms with Crippen LogP contribution in [0, 0.1) is 5.92 Å². The fourth-order valence-corrected chi connectivity index (χ4v) is 2.44. The smallest absolute Gasteiger partial charge is 0.0521 e. The molecule has 0 saturated heterocycles. The van der Waals surface area contributed by atoms with Crippen LogP contribution in [0.2, 0.25) is 0 Å². The Morgan fingerprint density at radius 2 is 1.90 bits per heavy atom. The van der Waals surface area contributed by atoms with Crippen molar-refractivity contribution in [3.05, 3.63) is 53.9 Å². The van der Waals surface area contributed by atoms with E-state index in [4.69, 9.17) is 0 Å². The summed E-state index contributed by atoms with van der Waals surface area (Å²) >= 11 is 0. The molecule has 1 unspecified atom stereocenters. The predicted octanol–water partition coefficient (Wildman–Crippen LogP) is 2.99. The third kappa shape index (κ3) is 4.49. The highest BCUT2D eigenvalue weighted by Gasteiger charge is 2.13. The van der Waals surface area contributed by atoms with Gasteiger partial charge in [-0.15, -0.1) is 0 Å². The van der Waals surface area contributed by atoms with Gasteiger partial charge >= 0.3 is 0 Å². The van der Waals surface area contributed by atoms with Crippen LogP contribution in [0.5, 0.6) is 0 Å². The summed E-state index contributed by atoms with van der Waals surface area (Å²) in [6.45, 7) is 6.56. The largest absolute Gasteiger partial charge is 0.316 e. The molecular weight excluding hydrogens is 246 g/mol. The standard InChI is InChI=1S/C17H25N3/c1-14(2)10-18-12-17(16-7-5-4-6-8-16)9-15-11-19-20(3)13-15/h4-8,11,13-14,17-18H,9-10,12H2,1-3H3. The summed E-state index contributed by atoms with van der Waals surface area (Å²) in [6, 6.07) is 10.8. The van der Waals surface area contributed by atoms with Crippen LogP contribution in [0.3, 0.4) is 0 Å². The first-order valence-corrected chi connectivity index (χ1v) is 7.38. The molecule has 0 radical (unpaired) electrons. The number of nitrogens with one attached hydrogen (secondary N) is 1. The summed E-state index contributed by atoms with van der Waals surface area (Å²) in [5, 5.41) is 7.85. The van der Waals surface area contributed by atoms with Crippen molar-refractivity contribution in [1.82, 2.24) is 15.1 Å². The summed E-state index contributed by atoms with van der Waals surface area (Å²) in [7, 11) is 1.97. The van der Waals surface area contributed by atoms with Gasteiger partial charge in [0.15, 0.2) is 0 Å². The van der Waals surface area contributed by atoms with E-state index in [1.54, 1.807) is 0 Å². The maximum Gasteiger partial charge on any atom is 0.0521 e. The van der Waals surface area contributed by atoms with Crippen molar-refractivity contribution in [3.8, 4) is 0 Å². The number of hydrogen-bond donors (Lipinski definition) is 1. The zero-order valence-electron chi connectivity index (χ0n) is 12.7. The van der Waals surface area contributed by atoms with Gasteiger partial charge in [-0.05, 0) is 30.0 Å². The van der Waals surface area contributed by atoms with Crippen LogP contribution < -0.4 is 5.32 Å². The van der Waals surface area contributed by atoms with Crippen LogP contribution in [0.15, 0.2) is 42.7 Å². The lowest BCUT2D eigenvalue weighted by Crippen LogP contribution is -2.26. The highest BCUT2D eigenvalue weighted by Crippen LogP contribution is 2.20. The van der Waals surface area contributed by atoms with Gasteiger partial charge in [0, 0.05) is 25.7 Å². The Morgan fingerprint density at radius 3 is 2.50 bits per heavy atom. The molecule has 0 amide bonds. The number of rotatable bonds is 7. The summed E-state index contributed by atoms with van der Waals surface area (Å²) in [5.41, 5.74) is 2.69. The van der Waals surface area contributed by atoms with Gasteiger partial charge in [-0.2, -0.15) is 5.10 Å². The summed E-state index contributed by atoms with van der Waals surface area (Å²) < 4.78 is 1.87. The lowest BCUT2D eigenvalue weighted by atomic mass is 9.93. The van der Waals surface area contributed by atoms with Gasteiger partial charge in [0.1, 0.15) is 0 Å². The maximum atomic E-state index is 4.27. The van der Waals surface area contributed by atoms with Crippen LogP contribution in [0.1, 0.15) is 30.9 Å². The van der Waals surface area contributed by atoms with Gasteiger partial charge < -0.3 is 5.32 Å². The lowest BCUT2D eigenvalue weighted by molar-refractivity contribution is 0.514. The Balaban J connectivity index is 2.03. The molecular formula is C17H25N3. The first-order valence-electron chi connectivity index (χ1n) is 7.38. The van der Waals surface area contributed by atoms with Crippen LogP contribution in [0.4, 0.5) is 0 Å². The topological polar surface area (TPSA) is 29.9 Å². The first-order chi connectivity index (χ1) is 9.65. The minimum Gasteiger partial charge on any atom is -0.316 e. The third-order valence-corrected chi connectivity index (χ3v) is 3.45. The van der Waals surface area contributed by atoms with Crippen molar-refractivity contribution in [2.24, 2.45) is 13.0 Å². The fourth-order valence-electron chi connectivity index (χ4n) is 2.44. The minimum absolute atomic E-state index is 0.499. The average molecular weight is 271 g/mol. The quantitative estimate of drug-likeness (QED) is 0.839. The highest BCUT2D eigenvalue weighted by atomic mass is 15.2. The molecule has 1 aromatic carbocycles. The summed E-state index contributed by atoms with van der Waals surface area (Å²) in [5.74, 6) is 1.18. The Morgan fingerprint density at radius 1 is 1.15 bits per heavy atom. The molecule has 1 aromatic heterocycles. The van der Waals surface area contributed by atoms with Crippen molar-refractivity contribution >= 4 is 0 Å². The van der Waals surface area contributed by atoms with Gasteiger partial charge in [0.2, 0.25) is 0 Å². The van der Waals surface area contributed by atoms with Crippen LogP contribution in [0.25, 0.3) is 0 Å². The zero-order valence-corrected chi connectivity index (χ0v) is 12.7. The number of aromatic nitrogens is 2. The van der Waals surface area contributed by atoms with E-state index in [1.165, 1.54) is 11.1 Å². The number of benzene rings is 1. The molecule has 1 N–H and O–H groups in total. The van der Waals surface area contributed by atoms with Crippen molar-refractivity contribution < 1.29 is 0 Å². The molecule has 2 rings (SSSR count). The molecule has 0 fully saturated rings. The highest BCUT2D eigenvalue weighted by molar-refractivity contribution is 5.22. The second kappa shape index (κ2) is 7.25. The molecule has 3 nitrogen and oxygen atoms in total. The van der Waals surface area contributed by atoms with Gasteiger partial charge in [0.05, 0.1) is 6.20 Å². The molecule has 1 atom stereocenters. The molecule has 2 aromatic rings. The second-order valence-electron chi connectivity index (χ2n) is 5.89. The first kappa shape index (κ1) is 14.8. The zero-order chi connectivity index (χ0) is 14.4. The molecule has 3 heteroatoms. The molecule has 108 valence electrons. The van der Waals surface area contributed by atoms with Crippen LogP contribution in [-0.2, 0) is 13.5 Å². The summed E-state index contributed by atoms with van der Waals surface area (Å²) in [4.78, 5) is 0. The van der Waals surface area contributed by atoms with E-state index >= 15 is 0 Å². The van der Waals surface area contributed by atoms with Crippen molar-refractivity contribution in [2.75, 3.05) is 13.1 Å². The molecule has 0 aliphatic rings. The molecule has 0 saturated carbocycles. The summed E-state index contributed by atoms with van der Waals surface area (Å²) in [6.07, 6.45) is 5.11. The monoisotopic (exact) mass is 271 g/mol. The predicted molar refractivity (Wildman–Crippen MR) is 83.8 cm³/mol. The second-order valence-corrected chi connectivity index (χ2v) is 5.89.